The van der Waals surface area contributed by atoms with Crippen molar-refractivity contribution in [3.63, 3.8) is 0 Å². The Balaban J connectivity index is 3.21. The topological polar surface area (TPSA) is 77.4 Å². The van der Waals surface area contributed by atoms with Crippen molar-refractivity contribution in [2.45, 2.75) is 6.92 Å². The molecule has 0 heterocycles. The molecule has 0 radical (unpaired) electrons. The highest BCUT2D eigenvalue weighted by Crippen LogP contribution is 2.13. The van der Waals surface area contributed by atoms with E-state index in [0.717, 1.165) is 0 Å². The molecule has 0 aliphatic carbocycles. The second-order valence-electron chi connectivity index (χ2n) is 4.40. The first-order valence-corrected chi connectivity index (χ1v) is 6.12. The Morgan fingerprint density at radius 2 is 1.22 bits per heavy atom. The van der Waals surface area contributed by atoms with Crippen LogP contribution in [0.4, 0.5) is 0 Å². The molecule has 0 fully saturated rings. The third-order valence-electron chi connectivity index (χ3n) is 2.39. The molecule has 0 aromatic heterocycles. The zero-order chi connectivity index (χ0) is 13.7. The number of hydrogen-bond donors (Lipinski definition) is 2. The second-order valence-corrected chi connectivity index (χ2v) is 4.40. The molecule has 18 heavy (non-hydrogen) atoms. The fourth-order valence-corrected chi connectivity index (χ4v) is 1.04. The Morgan fingerprint density at radius 1 is 0.778 bits per heavy atom. The molecule has 110 valence electrons. The van der Waals surface area contributed by atoms with Crippen molar-refractivity contribution < 1.29 is 29.2 Å². The van der Waals surface area contributed by atoms with Crippen molar-refractivity contribution in [2.24, 2.45) is 5.41 Å². The predicted octanol–water partition coefficient (Wildman–Crippen LogP) is -0.326. The van der Waals surface area contributed by atoms with Crippen LogP contribution in [0.2, 0.25) is 0 Å². The highest BCUT2D eigenvalue weighted by atomic mass is 16.6. The van der Waals surface area contributed by atoms with Crippen molar-refractivity contribution in [1.29, 1.82) is 0 Å². The van der Waals surface area contributed by atoms with Gasteiger partial charge in [0.05, 0.1) is 59.5 Å². The van der Waals surface area contributed by atoms with Crippen LogP contribution in [0, 0.1) is 5.41 Å². The maximum Gasteiger partial charge on any atom is 0.0701 e. The van der Waals surface area contributed by atoms with Gasteiger partial charge in [-0.3, -0.25) is 0 Å². The normalized spacial score (nSPS) is 12.0. The minimum Gasteiger partial charge on any atom is -0.396 e. The highest BCUT2D eigenvalue weighted by Gasteiger charge is 2.22. The maximum atomic E-state index is 9.03. The van der Waals surface area contributed by atoms with Crippen molar-refractivity contribution in [2.75, 3.05) is 66.6 Å². The van der Waals surface area contributed by atoms with E-state index in [9.17, 15) is 0 Å². The molecule has 6 heteroatoms. The standard InChI is InChI=1S/C12H26O6/c1-12(9-13,10-14)11-18-8-7-17-6-5-16-4-3-15-2/h13-14H,3-11H2,1-2H3. The Labute approximate surface area is 109 Å². The average molecular weight is 266 g/mol. The lowest BCUT2D eigenvalue weighted by Gasteiger charge is -2.24. The molecule has 2 N–H and O–H groups in total. The molecule has 0 aromatic rings. The highest BCUT2D eigenvalue weighted by molar-refractivity contribution is 4.70. The maximum absolute atomic E-state index is 9.03. The Kier molecular flexibility index (Phi) is 11.7. The summed E-state index contributed by atoms with van der Waals surface area (Å²) in [6, 6.07) is 0. The first-order chi connectivity index (χ1) is 8.68. The third-order valence-corrected chi connectivity index (χ3v) is 2.39. The van der Waals surface area contributed by atoms with Crippen LogP contribution in [0.15, 0.2) is 0 Å². The molecule has 0 spiro atoms. The molecule has 0 aliphatic heterocycles. The minimum atomic E-state index is -0.580. The Hall–Kier alpha value is -0.240. The molecule has 0 aromatic carbocycles. The van der Waals surface area contributed by atoms with Crippen LogP contribution in [-0.4, -0.2) is 76.8 Å². The third kappa shape index (κ3) is 9.76. The zero-order valence-electron chi connectivity index (χ0n) is 11.4. The van der Waals surface area contributed by atoms with E-state index < -0.39 is 5.41 Å². The first kappa shape index (κ1) is 17.8. The quantitative estimate of drug-likeness (QED) is 0.445. The summed E-state index contributed by atoms with van der Waals surface area (Å²) in [6.07, 6.45) is 0. The summed E-state index contributed by atoms with van der Waals surface area (Å²) in [7, 11) is 1.63. The molecule has 0 aliphatic rings. The monoisotopic (exact) mass is 266 g/mol. The molecule has 0 amide bonds. The van der Waals surface area contributed by atoms with Crippen LogP contribution >= 0.6 is 0 Å². The molecule has 0 unspecified atom stereocenters. The van der Waals surface area contributed by atoms with E-state index in [2.05, 4.69) is 0 Å². The largest absolute Gasteiger partial charge is 0.396 e. The predicted molar refractivity (Wildman–Crippen MR) is 66.6 cm³/mol. The van der Waals surface area contributed by atoms with E-state index in [1.807, 2.05) is 0 Å². The molecule has 6 nitrogen and oxygen atoms in total. The zero-order valence-corrected chi connectivity index (χ0v) is 11.4. The fourth-order valence-electron chi connectivity index (χ4n) is 1.04. The van der Waals surface area contributed by atoms with Crippen LogP contribution in [0.25, 0.3) is 0 Å². The van der Waals surface area contributed by atoms with Gasteiger partial charge in [-0.2, -0.15) is 0 Å². The summed E-state index contributed by atoms with van der Waals surface area (Å²) in [5.74, 6) is 0. The van der Waals surface area contributed by atoms with E-state index in [1.165, 1.54) is 0 Å². The Bertz CT molecular complexity index is 172. The molecule has 0 rings (SSSR count). The van der Waals surface area contributed by atoms with Crippen LogP contribution in [0.5, 0.6) is 0 Å². The SMILES string of the molecule is COCCOCCOCCOCC(C)(CO)CO. The van der Waals surface area contributed by atoms with Gasteiger partial charge >= 0.3 is 0 Å². The summed E-state index contributed by atoms with van der Waals surface area (Å²) < 4.78 is 20.6. The molecular formula is C12H26O6. The summed E-state index contributed by atoms with van der Waals surface area (Å²) in [6.45, 7) is 5.00. The molecule has 0 saturated carbocycles. The summed E-state index contributed by atoms with van der Waals surface area (Å²) in [5, 5.41) is 18.1. The van der Waals surface area contributed by atoms with E-state index in [4.69, 9.17) is 29.2 Å². The van der Waals surface area contributed by atoms with Gasteiger partial charge in [0.2, 0.25) is 0 Å². The molecule has 0 bridgehead atoms. The van der Waals surface area contributed by atoms with Gasteiger partial charge in [-0.25, -0.2) is 0 Å². The van der Waals surface area contributed by atoms with Gasteiger partial charge in [-0.05, 0) is 0 Å². The molecule has 0 saturated heterocycles. The van der Waals surface area contributed by atoms with Crippen LogP contribution in [-0.2, 0) is 18.9 Å². The van der Waals surface area contributed by atoms with Crippen LogP contribution in [0.1, 0.15) is 6.92 Å². The number of rotatable bonds is 13. The van der Waals surface area contributed by atoms with E-state index in [1.54, 1.807) is 14.0 Å². The number of aliphatic hydroxyl groups is 2. The van der Waals surface area contributed by atoms with Crippen LogP contribution in [0.3, 0.4) is 0 Å². The summed E-state index contributed by atoms with van der Waals surface area (Å²) in [4.78, 5) is 0. The van der Waals surface area contributed by atoms with Gasteiger partial charge in [0, 0.05) is 12.5 Å². The molecule has 0 atom stereocenters. The Morgan fingerprint density at radius 3 is 1.67 bits per heavy atom. The van der Waals surface area contributed by atoms with Crippen molar-refractivity contribution in [3.05, 3.63) is 0 Å². The van der Waals surface area contributed by atoms with E-state index in [-0.39, 0.29) is 13.2 Å². The number of aliphatic hydroxyl groups excluding tert-OH is 2. The van der Waals surface area contributed by atoms with Gasteiger partial charge in [-0.1, -0.05) is 6.92 Å². The van der Waals surface area contributed by atoms with E-state index >= 15 is 0 Å². The number of methoxy groups -OCH3 is 1. The van der Waals surface area contributed by atoms with Crippen molar-refractivity contribution in [3.8, 4) is 0 Å². The lowest BCUT2D eigenvalue weighted by molar-refractivity contribution is -0.0394. The van der Waals surface area contributed by atoms with Crippen LogP contribution < -0.4 is 0 Å². The van der Waals surface area contributed by atoms with Gasteiger partial charge < -0.3 is 29.2 Å². The smallest absolute Gasteiger partial charge is 0.0701 e. The van der Waals surface area contributed by atoms with Gasteiger partial charge in [-0.15, -0.1) is 0 Å². The number of ether oxygens (including phenoxy) is 4. The van der Waals surface area contributed by atoms with Crippen molar-refractivity contribution >= 4 is 0 Å². The lowest BCUT2D eigenvalue weighted by atomic mass is 9.95. The van der Waals surface area contributed by atoms with Crippen molar-refractivity contribution in [1.82, 2.24) is 0 Å². The van der Waals surface area contributed by atoms with E-state index in [0.29, 0.717) is 46.2 Å². The van der Waals surface area contributed by atoms with Gasteiger partial charge in [0.25, 0.3) is 0 Å². The fraction of sp³-hybridized carbons (Fsp3) is 1.00. The summed E-state index contributed by atoms with van der Waals surface area (Å²) in [5.41, 5.74) is -0.580. The number of hydrogen-bond acceptors (Lipinski definition) is 6. The molecular weight excluding hydrogens is 240 g/mol. The first-order valence-electron chi connectivity index (χ1n) is 6.12. The van der Waals surface area contributed by atoms with Gasteiger partial charge in [0.1, 0.15) is 0 Å². The minimum absolute atomic E-state index is 0.0995. The summed E-state index contributed by atoms with van der Waals surface area (Å²) >= 11 is 0. The second kappa shape index (κ2) is 11.8. The van der Waals surface area contributed by atoms with Gasteiger partial charge in [0.15, 0.2) is 0 Å². The lowest BCUT2D eigenvalue weighted by Crippen LogP contribution is -2.32. The average Bonchev–Trinajstić information content (AvgIpc) is 2.40.